The molecular formula is C11H12O2. The Labute approximate surface area is 77.1 Å². The molecule has 1 atom stereocenters. The van der Waals surface area contributed by atoms with Crippen LogP contribution < -0.4 is 0 Å². The molecule has 0 amide bonds. The first kappa shape index (κ1) is 8.48. The molecule has 1 unspecified atom stereocenters. The van der Waals surface area contributed by atoms with Gasteiger partial charge < -0.3 is 10.2 Å². The van der Waals surface area contributed by atoms with E-state index >= 15 is 0 Å². The van der Waals surface area contributed by atoms with Gasteiger partial charge in [0.05, 0.1) is 13.2 Å². The summed E-state index contributed by atoms with van der Waals surface area (Å²) in [6.07, 6.45) is 4.00. The second-order valence-corrected chi connectivity index (χ2v) is 3.27. The minimum Gasteiger partial charge on any atom is -0.395 e. The predicted octanol–water partition coefficient (Wildman–Crippen LogP) is 1.28. The number of rotatable bonds is 2. The Kier molecular flexibility index (Phi) is 2.17. The van der Waals surface area contributed by atoms with Gasteiger partial charge in [-0.05, 0) is 16.7 Å². The first-order chi connectivity index (χ1) is 6.35. The lowest BCUT2D eigenvalue weighted by Crippen LogP contribution is -1.99. The minimum atomic E-state index is 0.0609. The molecule has 0 spiro atoms. The molecule has 2 rings (SSSR count). The van der Waals surface area contributed by atoms with Gasteiger partial charge in [0, 0.05) is 5.92 Å². The highest BCUT2D eigenvalue weighted by atomic mass is 16.3. The predicted molar refractivity (Wildman–Crippen MR) is 51.2 cm³/mol. The van der Waals surface area contributed by atoms with Crippen LogP contribution in [0.1, 0.15) is 22.6 Å². The highest BCUT2D eigenvalue weighted by molar-refractivity contribution is 5.63. The molecule has 13 heavy (non-hydrogen) atoms. The molecule has 0 aromatic heterocycles. The highest BCUT2D eigenvalue weighted by Crippen LogP contribution is 2.30. The van der Waals surface area contributed by atoms with Gasteiger partial charge in [0.15, 0.2) is 0 Å². The molecule has 68 valence electrons. The molecule has 1 aliphatic rings. The van der Waals surface area contributed by atoms with Crippen LogP contribution in [0, 0.1) is 0 Å². The normalized spacial score (nSPS) is 19.1. The molecule has 0 saturated heterocycles. The van der Waals surface area contributed by atoms with Crippen LogP contribution in [0.15, 0.2) is 24.3 Å². The number of aliphatic hydroxyl groups is 2. The summed E-state index contributed by atoms with van der Waals surface area (Å²) in [5.41, 5.74) is 3.17. The fourth-order valence-corrected chi connectivity index (χ4v) is 1.68. The highest BCUT2D eigenvalue weighted by Gasteiger charge is 2.16. The average molecular weight is 176 g/mol. The summed E-state index contributed by atoms with van der Waals surface area (Å²) < 4.78 is 0. The lowest BCUT2D eigenvalue weighted by molar-refractivity contribution is 0.279. The Hall–Kier alpha value is -1.12. The van der Waals surface area contributed by atoms with Crippen molar-refractivity contribution in [3.05, 3.63) is 41.0 Å². The molecule has 2 heteroatoms. The van der Waals surface area contributed by atoms with Crippen LogP contribution in [0.5, 0.6) is 0 Å². The lowest BCUT2D eigenvalue weighted by atomic mass is 9.99. The van der Waals surface area contributed by atoms with Gasteiger partial charge in [0.25, 0.3) is 0 Å². The van der Waals surface area contributed by atoms with E-state index in [0.717, 1.165) is 16.7 Å². The maximum atomic E-state index is 9.06. The summed E-state index contributed by atoms with van der Waals surface area (Å²) in [5, 5.41) is 18.0. The first-order valence-corrected chi connectivity index (χ1v) is 4.38. The molecule has 0 aliphatic heterocycles. The molecule has 0 fully saturated rings. The van der Waals surface area contributed by atoms with E-state index in [1.807, 2.05) is 30.4 Å². The summed E-state index contributed by atoms with van der Waals surface area (Å²) in [7, 11) is 0. The third kappa shape index (κ3) is 1.39. The van der Waals surface area contributed by atoms with E-state index in [1.54, 1.807) is 0 Å². The molecule has 0 saturated carbocycles. The standard InChI is InChI=1S/C11H12O2/c12-6-8-1-2-9-3-4-10(7-13)11(9)5-8/h1-5,10,12-13H,6-7H2. The topological polar surface area (TPSA) is 40.5 Å². The maximum absolute atomic E-state index is 9.06. The SMILES string of the molecule is OCc1ccc2c(c1)C(CO)C=C2. The minimum absolute atomic E-state index is 0.0609. The van der Waals surface area contributed by atoms with E-state index < -0.39 is 0 Å². The van der Waals surface area contributed by atoms with E-state index in [4.69, 9.17) is 10.2 Å². The molecule has 2 nitrogen and oxygen atoms in total. The smallest absolute Gasteiger partial charge is 0.0681 e. The Balaban J connectivity index is 2.41. The number of fused-ring (bicyclic) bond motifs is 1. The van der Waals surface area contributed by atoms with Gasteiger partial charge in [0.1, 0.15) is 0 Å². The molecule has 2 N–H and O–H groups in total. The van der Waals surface area contributed by atoms with Crippen molar-refractivity contribution in [2.24, 2.45) is 0 Å². The second kappa shape index (κ2) is 3.32. The fraction of sp³-hybridized carbons (Fsp3) is 0.273. The van der Waals surface area contributed by atoms with E-state index in [1.165, 1.54) is 0 Å². The third-order valence-corrected chi connectivity index (χ3v) is 2.44. The Morgan fingerprint density at radius 1 is 1.23 bits per heavy atom. The molecule has 1 aliphatic carbocycles. The molecule has 1 aromatic carbocycles. The van der Waals surface area contributed by atoms with Crippen LogP contribution >= 0.6 is 0 Å². The van der Waals surface area contributed by atoms with Crippen molar-refractivity contribution in [2.75, 3.05) is 6.61 Å². The van der Waals surface area contributed by atoms with Crippen LogP contribution in [0.4, 0.5) is 0 Å². The van der Waals surface area contributed by atoms with Crippen molar-refractivity contribution in [3.8, 4) is 0 Å². The van der Waals surface area contributed by atoms with Gasteiger partial charge in [-0.2, -0.15) is 0 Å². The molecular weight excluding hydrogens is 164 g/mol. The molecule has 0 radical (unpaired) electrons. The first-order valence-electron chi connectivity index (χ1n) is 4.38. The summed E-state index contributed by atoms with van der Waals surface area (Å²) in [6.45, 7) is 0.198. The van der Waals surface area contributed by atoms with Gasteiger partial charge in [-0.3, -0.25) is 0 Å². The Bertz CT molecular complexity index is 342. The van der Waals surface area contributed by atoms with Crippen LogP contribution in [-0.4, -0.2) is 16.8 Å². The number of hydrogen-bond acceptors (Lipinski definition) is 2. The van der Waals surface area contributed by atoms with Crippen LogP contribution in [0.25, 0.3) is 6.08 Å². The van der Waals surface area contributed by atoms with Crippen molar-refractivity contribution in [3.63, 3.8) is 0 Å². The number of hydrogen-bond donors (Lipinski definition) is 2. The zero-order valence-corrected chi connectivity index (χ0v) is 7.27. The van der Waals surface area contributed by atoms with E-state index in [-0.39, 0.29) is 19.1 Å². The van der Waals surface area contributed by atoms with Crippen molar-refractivity contribution >= 4 is 6.08 Å². The fourth-order valence-electron chi connectivity index (χ4n) is 1.68. The number of benzene rings is 1. The van der Waals surface area contributed by atoms with Gasteiger partial charge >= 0.3 is 0 Å². The summed E-state index contributed by atoms with van der Waals surface area (Å²) in [4.78, 5) is 0. The summed E-state index contributed by atoms with van der Waals surface area (Å²) in [6, 6.07) is 5.84. The third-order valence-electron chi connectivity index (χ3n) is 2.44. The van der Waals surface area contributed by atoms with E-state index in [9.17, 15) is 0 Å². The van der Waals surface area contributed by atoms with Gasteiger partial charge in [-0.25, -0.2) is 0 Å². The Morgan fingerprint density at radius 3 is 2.77 bits per heavy atom. The average Bonchev–Trinajstić information content (AvgIpc) is 2.59. The van der Waals surface area contributed by atoms with Crippen molar-refractivity contribution in [1.82, 2.24) is 0 Å². The second-order valence-electron chi connectivity index (χ2n) is 3.27. The molecule has 0 bridgehead atoms. The zero-order chi connectivity index (χ0) is 9.26. The van der Waals surface area contributed by atoms with Crippen LogP contribution in [0.2, 0.25) is 0 Å². The van der Waals surface area contributed by atoms with E-state index in [2.05, 4.69) is 0 Å². The summed E-state index contributed by atoms with van der Waals surface area (Å²) in [5.74, 6) is 0.112. The van der Waals surface area contributed by atoms with Gasteiger partial charge in [-0.1, -0.05) is 30.4 Å². The number of aliphatic hydroxyl groups excluding tert-OH is 2. The van der Waals surface area contributed by atoms with Crippen molar-refractivity contribution in [2.45, 2.75) is 12.5 Å². The van der Waals surface area contributed by atoms with Crippen molar-refractivity contribution < 1.29 is 10.2 Å². The maximum Gasteiger partial charge on any atom is 0.0681 e. The lowest BCUT2D eigenvalue weighted by Gasteiger charge is -2.08. The largest absolute Gasteiger partial charge is 0.395 e. The monoisotopic (exact) mass is 176 g/mol. The summed E-state index contributed by atoms with van der Waals surface area (Å²) >= 11 is 0. The molecule has 1 aromatic rings. The van der Waals surface area contributed by atoms with Gasteiger partial charge in [-0.15, -0.1) is 0 Å². The molecule has 0 heterocycles. The van der Waals surface area contributed by atoms with Gasteiger partial charge in [0.2, 0.25) is 0 Å². The van der Waals surface area contributed by atoms with Crippen LogP contribution in [-0.2, 0) is 6.61 Å². The quantitative estimate of drug-likeness (QED) is 0.712. The van der Waals surface area contributed by atoms with Crippen molar-refractivity contribution in [1.29, 1.82) is 0 Å². The Morgan fingerprint density at radius 2 is 2.08 bits per heavy atom. The zero-order valence-electron chi connectivity index (χ0n) is 7.27. The van der Waals surface area contributed by atoms with Crippen LogP contribution in [0.3, 0.4) is 0 Å². The van der Waals surface area contributed by atoms with E-state index in [0.29, 0.717) is 0 Å².